The second-order valence-electron chi connectivity index (χ2n) is 4.58. The second kappa shape index (κ2) is 4.63. The Bertz CT molecular complexity index is 511. The predicted octanol–water partition coefficient (Wildman–Crippen LogP) is 3.28. The highest BCUT2D eigenvalue weighted by molar-refractivity contribution is 7.11. The molecule has 0 bridgehead atoms. The van der Waals surface area contributed by atoms with Gasteiger partial charge in [0.15, 0.2) is 0 Å². The number of anilines is 1. The number of hydrogen-bond acceptors (Lipinski definition) is 4. The molecule has 3 nitrogen and oxygen atoms in total. The van der Waals surface area contributed by atoms with Gasteiger partial charge in [0.2, 0.25) is 0 Å². The summed E-state index contributed by atoms with van der Waals surface area (Å²) < 4.78 is 10.0. The van der Waals surface area contributed by atoms with Gasteiger partial charge >= 0.3 is 0 Å². The van der Waals surface area contributed by atoms with Gasteiger partial charge in [0.25, 0.3) is 0 Å². The van der Waals surface area contributed by atoms with Crippen molar-refractivity contribution >= 4 is 27.4 Å². The minimum absolute atomic E-state index is 0.362. The summed E-state index contributed by atoms with van der Waals surface area (Å²) in [6, 6.07) is 8.80. The minimum atomic E-state index is 0.362. The van der Waals surface area contributed by atoms with Gasteiger partial charge in [-0.1, -0.05) is 12.1 Å². The van der Waals surface area contributed by atoms with E-state index in [9.17, 15) is 0 Å². The number of ether oxygens (including phenoxy) is 1. The summed E-state index contributed by atoms with van der Waals surface area (Å²) in [5.41, 5.74) is 1.08. The lowest BCUT2D eigenvalue weighted by molar-refractivity contribution is 0.0233. The Hall–Kier alpha value is -1.13. The second-order valence-corrected chi connectivity index (χ2v) is 5.35. The van der Waals surface area contributed by atoms with Crippen molar-refractivity contribution in [1.29, 1.82) is 0 Å². The Labute approximate surface area is 105 Å². The molecular formula is C13H16N2OS. The van der Waals surface area contributed by atoms with Crippen LogP contribution in [0.5, 0.6) is 0 Å². The summed E-state index contributed by atoms with van der Waals surface area (Å²) >= 11 is 1.56. The Balaban J connectivity index is 1.80. The average Bonchev–Trinajstić information content (AvgIpc) is 2.73. The van der Waals surface area contributed by atoms with Gasteiger partial charge in [-0.2, -0.15) is 4.37 Å². The molecule has 1 aliphatic heterocycles. The van der Waals surface area contributed by atoms with Crippen LogP contribution in [0.25, 0.3) is 10.9 Å². The van der Waals surface area contributed by atoms with Crippen molar-refractivity contribution in [2.75, 3.05) is 11.9 Å². The number of nitrogens with zero attached hydrogens (tertiary/aromatic N) is 1. The van der Waals surface area contributed by atoms with E-state index in [0.717, 1.165) is 25.0 Å². The van der Waals surface area contributed by atoms with Crippen LogP contribution >= 0.6 is 11.5 Å². The van der Waals surface area contributed by atoms with Crippen molar-refractivity contribution in [1.82, 2.24) is 4.37 Å². The Morgan fingerprint density at radius 2 is 2.29 bits per heavy atom. The monoisotopic (exact) mass is 248 g/mol. The van der Waals surface area contributed by atoms with Crippen LogP contribution < -0.4 is 5.32 Å². The average molecular weight is 248 g/mol. The molecule has 0 saturated carbocycles. The topological polar surface area (TPSA) is 34.2 Å². The summed E-state index contributed by atoms with van der Waals surface area (Å²) in [6.45, 7) is 2.99. The van der Waals surface area contributed by atoms with Crippen LogP contribution in [0, 0.1) is 0 Å². The van der Waals surface area contributed by atoms with E-state index in [1.54, 1.807) is 11.5 Å². The maximum Gasteiger partial charge on any atom is 0.117 e. The molecule has 2 heterocycles. The third-order valence-corrected chi connectivity index (χ3v) is 4.01. The van der Waals surface area contributed by atoms with Crippen molar-refractivity contribution in [2.24, 2.45) is 0 Å². The van der Waals surface area contributed by atoms with Gasteiger partial charge in [0.05, 0.1) is 11.6 Å². The normalized spacial score (nSPS) is 25.0. The van der Waals surface area contributed by atoms with Crippen molar-refractivity contribution in [3.8, 4) is 0 Å². The van der Waals surface area contributed by atoms with E-state index in [1.807, 2.05) is 6.07 Å². The van der Waals surface area contributed by atoms with Crippen LogP contribution in [0.15, 0.2) is 24.3 Å². The van der Waals surface area contributed by atoms with Crippen LogP contribution in [0.4, 0.5) is 5.00 Å². The lowest BCUT2D eigenvalue weighted by Gasteiger charge is -2.28. The fourth-order valence-corrected chi connectivity index (χ4v) is 3.15. The predicted molar refractivity (Wildman–Crippen MR) is 71.7 cm³/mol. The van der Waals surface area contributed by atoms with Crippen molar-refractivity contribution in [3.05, 3.63) is 24.3 Å². The van der Waals surface area contributed by atoms with Crippen molar-refractivity contribution in [3.63, 3.8) is 0 Å². The number of aromatic nitrogens is 1. The van der Waals surface area contributed by atoms with Crippen LogP contribution in [0.1, 0.15) is 19.8 Å². The zero-order chi connectivity index (χ0) is 11.7. The number of hydrogen-bond donors (Lipinski definition) is 1. The molecule has 1 aliphatic rings. The smallest absolute Gasteiger partial charge is 0.117 e. The zero-order valence-corrected chi connectivity index (χ0v) is 10.7. The van der Waals surface area contributed by atoms with Gasteiger partial charge in [0.1, 0.15) is 5.00 Å². The molecule has 4 heteroatoms. The first-order valence-corrected chi connectivity index (χ1v) is 6.83. The number of rotatable bonds is 2. The van der Waals surface area contributed by atoms with E-state index >= 15 is 0 Å². The SMILES string of the molecule is CC1CC(Nc2snc3ccccc23)CCO1. The van der Waals surface area contributed by atoms with Gasteiger partial charge in [-0.05, 0) is 43.4 Å². The van der Waals surface area contributed by atoms with Crippen molar-refractivity contribution in [2.45, 2.75) is 31.9 Å². The quantitative estimate of drug-likeness (QED) is 0.885. The van der Waals surface area contributed by atoms with E-state index < -0.39 is 0 Å². The molecule has 0 aliphatic carbocycles. The van der Waals surface area contributed by atoms with E-state index in [0.29, 0.717) is 12.1 Å². The number of nitrogens with one attached hydrogen (secondary N) is 1. The van der Waals surface area contributed by atoms with Crippen LogP contribution in [0.2, 0.25) is 0 Å². The fourth-order valence-electron chi connectivity index (χ4n) is 2.31. The lowest BCUT2D eigenvalue weighted by Crippen LogP contribution is -2.32. The first-order valence-electron chi connectivity index (χ1n) is 6.05. The van der Waals surface area contributed by atoms with Crippen molar-refractivity contribution < 1.29 is 4.74 Å². The Morgan fingerprint density at radius 3 is 3.18 bits per heavy atom. The molecule has 1 aromatic carbocycles. The first-order chi connectivity index (χ1) is 8.33. The molecule has 2 unspecified atom stereocenters. The molecule has 1 saturated heterocycles. The summed E-state index contributed by atoms with van der Waals surface area (Å²) in [5.74, 6) is 0. The molecule has 1 fully saturated rings. The fraction of sp³-hybridized carbons (Fsp3) is 0.462. The molecule has 0 amide bonds. The molecule has 3 rings (SSSR count). The van der Waals surface area contributed by atoms with Gasteiger partial charge in [-0.25, -0.2) is 0 Å². The van der Waals surface area contributed by atoms with E-state index in [2.05, 4.69) is 34.8 Å². The zero-order valence-electron chi connectivity index (χ0n) is 9.85. The van der Waals surface area contributed by atoms with Crippen LogP contribution in [-0.2, 0) is 4.74 Å². The molecule has 0 radical (unpaired) electrons. The summed E-state index contributed by atoms with van der Waals surface area (Å²) in [6.07, 6.45) is 2.52. The Morgan fingerprint density at radius 1 is 1.41 bits per heavy atom. The van der Waals surface area contributed by atoms with Gasteiger partial charge < -0.3 is 10.1 Å². The third kappa shape index (κ3) is 2.28. The van der Waals surface area contributed by atoms with Crippen LogP contribution in [0.3, 0.4) is 0 Å². The largest absolute Gasteiger partial charge is 0.378 e. The highest BCUT2D eigenvalue weighted by Gasteiger charge is 2.20. The summed E-state index contributed by atoms with van der Waals surface area (Å²) in [5, 5.41) is 6.04. The highest BCUT2D eigenvalue weighted by atomic mass is 32.1. The maximum atomic E-state index is 5.56. The van der Waals surface area contributed by atoms with Gasteiger partial charge in [-0.3, -0.25) is 0 Å². The third-order valence-electron chi connectivity index (χ3n) is 3.20. The van der Waals surface area contributed by atoms with E-state index in [4.69, 9.17) is 4.74 Å². The maximum absolute atomic E-state index is 5.56. The molecule has 90 valence electrons. The summed E-state index contributed by atoms with van der Waals surface area (Å²) in [4.78, 5) is 0. The molecule has 2 aromatic rings. The first kappa shape index (κ1) is 11.0. The van der Waals surface area contributed by atoms with Gasteiger partial charge in [0, 0.05) is 18.0 Å². The van der Waals surface area contributed by atoms with E-state index in [1.165, 1.54) is 10.4 Å². The number of benzene rings is 1. The molecule has 17 heavy (non-hydrogen) atoms. The molecule has 1 aromatic heterocycles. The molecule has 2 atom stereocenters. The molecule has 1 N–H and O–H groups in total. The van der Waals surface area contributed by atoms with Gasteiger partial charge in [-0.15, -0.1) is 0 Å². The lowest BCUT2D eigenvalue weighted by atomic mass is 10.0. The Kier molecular flexibility index (Phi) is 2.99. The minimum Gasteiger partial charge on any atom is -0.378 e. The van der Waals surface area contributed by atoms with E-state index in [-0.39, 0.29) is 0 Å². The standard InChI is InChI=1S/C13H16N2OS/c1-9-8-10(6-7-16-9)14-13-11-4-2-3-5-12(11)15-17-13/h2-5,9-10,14H,6-8H2,1H3. The van der Waals surface area contributed by atoms with Crippen LogP contribution in [-0.4, -0.2) is 23.1 Å². The molecule has 0 spiro atoms. The summed E-state index contributed by atoms with van der Waals surface area (Å²) in [7, 11) is 0. The highest BCUT2D eigenvalue weighted by Crippen LogP contribution is 2.29. The molecular weight excluding hydrogens is 232 g/mol. The number of fused-ring (bicyclic) bond motifs is 1.